The van der Waals surface area contributed by atoms with Gasteiger partial charge in [0.2, 0.25) is 5.88 Å². The number of piperidine rings is 1. The van der Waals surface area contributed by atoms with Crippen LogP contribution in [0.1, 0.15) is 31.2 Å². The maximum Gasteiger partial charge on any atom is 0.213 e. The van der Waals surface area contributed by atoms with Crippen LogP contribution >= 0.6 is 0 Å². The third-order valence-electron chi connectivity index (χ3n) is 7.59. The number of aromatic nitrogens is 2. The number of nitrogens with zero attached hydrogens (tertiary/aromatic N) is 5. The molecule has 5 heterocycles. The van der Waals surface area contributed by atoms with Gasteiger partial charge in [0.1, 0.15) is 5.82 Å². The highest BCUT2D eigenvalue weighted by atomic mass is 19.1. The molecule has 8 heteroatoms. The summed E-state index contributed by atoms with van der Waals surface area (Å²) in [5.74, 6) is 1.74. The van der Waals surface area contributed by atoms with Crippen molar-refractivity contribution in [1.29, 1.82) is 0 Å². The Labute approximate surface area is 199 Å². The molecule has 0 spiro atoms. The van der Waals surface area contributed by atoms with Crippen molar-refractivity contribution in [2.75, 3.05) is 50.8 Å². The number of anilines is 1. The number of piperazine rings is 1. The average Bonchev–Trinajstić information content (AvgIpc) is 3.53. The van der Waals surface area contributed by atoms with Crippen molar-refractivity contribution in [3.8, 4) is 5.88 Å². The second kappa shape index (κ2) is 9.50. The Kier molecular flexibility index (Phi) is 6.09. The lowest BCUT2D eigenvalue weighted by atomic mass is 9.91. The maximum absolute atomic E-state index is 13.8. The van der Waals surface area contributed by atoms with E-state index in [2.05, 4.69) is 30.9 Å². The fourth-order valence-corrected chi connectivity index (χ4v) is 5.70. The highest BCUT2D eigenvalue weighted by Gasteiger charge is 2.34. The van der Waals surface area contributed by atoms with E-state index in [1.165, 1.54) is 43.6 Å². The lowest BCUT2D eigenvalue weighted by molar-refractivity contribution is 0.0716. The van der Waals surface area contributed by atoms with Crippen LogP contribution in [0.15, 0.2) is 41.1 Å². The number of pyridine rings is 1. The van der Waals surface area contributed by atoms with Gasteiger partial charge in [-0.2, -0.15) is 0 Å². The molecule has 3 aromatic rings. The van der Waals surface area contributed by atoms with Gasteiger partial charge in [-0.25, -0.2) is 9.37 Å². The fourth-order valence-electron chi connectivity index (χ4n) is 5.70. The summed E-state index contributed by atoms with van der Waals surface area (Å²) in [6, 6.07) is 9.23. The summed E-state index contributed by atoms with van der Waals surface area (Å²) >= 11 is 0. The van der Waals surface area contributed by atoms with Gasteiger partial charge in [-0.15, -0.1) is 0 Å². The van der Waals surface area contributed by atoms with Gasteiger partial charge in [-0.3, -0.25) is 9.80 Å². The van der Waals surface area contributed by atoms with Crippen LogP contribution in [0, 0.1) is 11.7 Å². The number of halogens is 1. The molecule has 0 aliphatic carbocycles. The first-order valence-electron chi connectivity index (χ1n) is 12.6. The van der Waals surface area contributed by atoms with Crippen LogP contribution in [0.25, 0.3) is 11.0 Å². The molecule has 3 aliphatic heterocycles. The number of ether oxygens (including phenoxy) is 1. The van der Waals surface area contributed by atoms with Gasteiger partial charge < -0.3 is 14.2 Å². The lowest BCUT2D eigenvalue weighted by Gasteiger charge is -2.46. The number of fused-ring (bicyclic) bond motifs is 2. The predicted octanol–water partition coefficient (Wildman–Crippen LogP) is 3.94. The van der Waals surface area contributed by atoms with Crippen molar-refractivity contribution >= 4 is 16.8 Å². The quantitative estimate of drug-likeness (QED) is 0.547. The first kappa shape index (κ1) is 21.8. The SMILES string of the molecule is Fc1ccc2onc(N3CCN4C[C@H](COc5ccc(CN6CCCC6)cn5)CC[C@@H]4C3)c2c1. The van der Waals surface area contributed by atoms with Gasteiger partial charge in [0, 0.05) is 56.9 Å². The molecule has 0 N–H and O–H groups in total. The minimum Gasteiger partial charge on any atom is -0.477 e. The van der Waals surface area contributed by atoms with Gasteiger partial charge in [0.05, 0.1) is 12.0 Å². The molecule has 34 heavy (non-hydrogen) atoms. The zero-order valence-electron chi connectivity index (χ0n) is 19.5. The van der Waals surface area contributed by atoms with Crippen LogP contribution in [0.3, 0.4) is 0 Å². The Bertz CT molecular complexity index is 1110. The summed E-state index contributed by atoms with van der Waals surface area (Å²) in [5, 5.41) is 5.01. The lowest BCUT2D eigenvalue weighted by Crippen LogP contribution is -2.57. The number of hydrogen-bond donors (Lipinski definition) is 0. The topological polar surface area (TPSA) is 57.9 Å². The van der Waals surface area contributed by atoms with Crippen LogP contribution in [0.5, 0.6) is 5.88 Å². The van der Waals surface area contributed by atoms with Crippen molar-refractivity contribution in [1.82, 2.24) is 19.9 Å². The largest absolute Gasteiger partial charge is 0.477 e. The zero-order chi connectivity index (χ0) is 22.9. The van der Waals surface area contributed by atoms with Crippen LogP contribution in [0.4, 0.5) is 10.2 Å². The minimum atomic E-state index is -0.258. The van der Waals surface area contributed by atoms with Crippen molar-refractivity contribution in [2.24, 2.45) is 5.92 Å². The number of rotatable bonds is 6. The zero-order valence-corrected chi connectivity index (χ0v) is 19.5. The molecule has 6 rings (SSSR count). The van der Waals surface area contributed by atoms with Crippen LogP contribution < -0.4 is 9.64 Å². The molecule has 2 aromatic heterocycles. The van der Waals surface area contributed by atoms with Gasteiger partial charge >= 0.3 is 0 Å². The smallest absolute Gasteiger partial charge is 0.213 e. The molecule has 180 valence electrons. The van der Waals surface area contributed by atoms with Crippen molar-refractivity contribution in [2.45, 2.75) is 38.3 Å². The minimum absolute atomic E-state index is 0.258. The Morgan fingerprint density at radius 1 is 1.03 bits per heavy atom. The molecule has 0 saturated carbocycles. The summed E-state index contributed by atoms with van der Waals surface area (Å²) in [5.41, 5.74) is 1.90. The van der Waals surface area contributed by atoms with Gasteiger partial charge in [0.15, 0.2) is 11.4 Å². The number of likely N-dealkylation sites (tertiary alicyclic amines) is 1. The second-order valence-electron chi connectivity index (χ2n) is 9.98. The van der Waals surface area contributed by atoms with Crippen LogP contribution in [-0.2, 0) is 6.54 Å². The van der Waals surface area contributed by atoms with E-state index in [4.69, 9.17) is 9.26 Å². The standard InChI is InChI=1S/C26H32FN5O2/c27-21-5-7-24-23(13-21)26(29-34-24)32-12-11-31-16-20(3-6-22(31)17-32)18-33-25-8-4-19(14-28-25)15-30-9-1-2-10-30/h4-5,7-8,13-14,20,22H,1-3,6,9-12,15-18H2/t20-,22-/m1/s1. The van der Waals surface area contributed by atoms with Crippen molar-refractivity contribution < 1.29 is 13.7 Å². The first-order chi connectivity index (χ1) is 16.7. The summed E-state index contributed by atoms with van der Waals surface area (Å²) in [7, 11) is 0. The highest BCUT2D eigenvalue weighted by molar-refractivity contribution is 5.88. The molecule has 2 atom stereocenters. The van der Waals surface area contributed by atoms with E-state index < -0.39 is 0 Å². The van der Waals surface area contributed by atoms with E-state index in [1.54, 1.807) is 6.07 Å². The summed E-state index contributed by atoms with van der Waals surface area (Å²) in [6.07, 6.45) is 6.84. The number of benzene rings is 1. The van der Waals surface area contributed by atoms with E-state index in [0.29, 0.717) is 24.1 Å². The third kappa shape index (κ3) is 4.61. The van der Waals surface area contributed by atoms with Crippen molar-refractivity contribution in [3.05, 3.63) is 47.9 Å². The predicted molar refractivity (Wildman–Crippen MR) is 129 cm³/mol. The van der Waals surface area contributed by atoms with Gasteiger partial charge in [-0.1, -0.05) is 11.2 Å². The Morgan fingerprint density at radius 3 is 2.79 bits per heavy atom. The molecule has 3 saturated heterocycles. The molecule has 0 bridgehead atoms. The van der Waals surface area contributed by atoms with E-state index in [-0.39, 0.29) is 5.82 Å². The monoisotopic (exact) mass is 465 g/mol. The second-order valence-corrected chi connectivity index (χ2v) is 9.98. The van der Waals surface area contributed by atoms with E-state index in [9.17, 15) is 4.39 Å². The highest BCUT2D eigenvalue weighted by Crippen LogP contribution is 2.31. The third-order valence-corrected chi connectivity index (χ3v) is 7.59. The van der Waals surface area contributed by atoms with Crippen LogP contribution in [-0.4, -0.2) is 71.9 Å². The molecule has 7 nitrogen and oxygen atoms in total. The Hall–Kier alpha value is -2.71. The molecule has 3 aliphatic rings. The molecular weight excluding hydrogens is 433 g/mol. The fraction of sp³-hybridized carbons (Fsp3) is 0.538. The van der Waals surface area contributed by atoms with Gasteiger partial charge in [0.25, 0.3) is 0 Å². The normalized spacial score (nSPS) is 24.0. The van der Waals surface area contributed by atoms with Crippen molar-refractivity contribution in [3.63, 3.8) is 0 Å². The Morgan fingerprint density at radius 2 is 1.94 bits per heavy atom. The average molecular weight is 466 g/mol. The first-order valence-corrected chi connectivity index (χ1v) is 12.6. The van der Waals surface area contributed by atoms with E-state index in [0.717, 1.165) is 62.6 Å². The summed E-state index contributed by atoms with van der Waals surface area (Å²) in [4.78, 5) is 11.8. The van der Waals surface area contributed by atoms with Crippen LogP contribution in [0.2, 0.25) is 0 Å². The molecule has 1 aromatic carbocycles. The summed E-state index contributed by atoms with van der Waals surface area (Å²) < 4.78 is 25.3. The molecule has 0 amide bonds. The van der Waals surface area contributed by atoms with E-state index in [1.807, 2.05) is 12.3 Å². The Balaban J connectivity index is 1.01. The summed E-state index contributed by atoms with van der Waals surface area (Å²) in [6.45, 7) is 7.86. The van der Waals surface area contributed by atoms with Gasteiger partial charge in [-0.05, 0) is 62.5 Å². The molecule has 0 unspecified atom stereocenters. The maximum atomic E-state index is 13.8. The molecule has 0 radical (unpaired) electrons. The molecular formula is C26H32FN5O2. The van der Waals surface area contributed by atoms with E-state index >= 15 is 0 Å². The molecule has 3 fully saturated rings. The number of hydrogen-bond acceptors (Lipinski definition) is 7.